The van der Waals surface area contributed by atoms with Gasteiger partial charge in [0.15, 0.2) is 0 Å². The second-order valence-electron chi connectivity index (χ2n) is 3.88. The van der Waals surface area contributed by atoms with E-state index in [9.17, 15) is 4.79 Å². The fourth-order valence-electron chi connectivity index (χ4n) is 1.49. The summed E-state index contributed by atoms with van der Waals surface area (Å²) >= 11 is 0. The Hall–Kier alpha value is -2.08. The molecule has 6 nitrogen and oxygen atoms in total. The van der Waals surface area contributed by atoms with Crippen molar-refractivity contribution in [1.82, 2.24) is 20.5 Å². The molecule has 1 aromatic carbocycles. The minimum absolute atomic E-state index is 0.0733. The third kappa shape index (κ3) is 2.78. The van der Waals surface area contributed by atoms with Crippen LogP contribution in [-0.4, -0.2) is 41.3 Å². The molecule has 0 radical (unpaired) electrons. The third-order valence-corrected chi connectivity index (χ3v) is 2.40. The van der Waals surface area contributed by atoms with Crippen LogP contribution >= 0.6 is 0 Å². The molecule has 1 aromatic heterocycles. The van der Waals surface area contributed by atoms with Gasteiger partial charge in [-0.3, -0.25) is 4.79 Å². The average Bonchev–Trinajstić information content (AvgIpc) is 2.38. The van der Waals surface area contributed by atoms with Gasteiger partial charge in [-0.15, -0.1) is 10.2 Å². The Morgan fingerprint density at radius 2 is 2.17 bits per heavy atom. The number of amides is 1. The Labute approximate surface area is 104 Å². The molecule has 0 spiro atoms. The lowest BCUT2D eigenvalue weighted by Gasteiger charge is -2.03. The first-order chi connectivity index (χ1) is 8.70. The van der Waals surface area contributed by atoms with Crippen LogP contribution in [-0.2, 0) is 4.74 Å². The van der Waals surface area contributed by atoms with Crippen LogP contribution in [0.5, 0.6) is 0 Å². The van der Waals surface area contributed by atoms with E-state index in [0.29, 0.717) is 24.2 Å². The number of carbonyl (C=O) groups excluding carboxylic acids is 1. The first-order valence-corrected chi connectivity index (χ1v) is 5.59. The van der Waals surface area contributed by atoms with Crippen molar-refractivity contribution in [3.05, 3.63) is 29.6 Å². The molecule has 2 rings (SSSR count). The minimum atomic E-state index is -0.344. The van der Waals surface area contributed by atoms with Crippen molar-refractivity contribution in [1.29, 1.82) is 0 Å². The van der Waals surface area contributed by atoms with Crippen LogP contribution in [0.2, 0.25) is 0 Å². The highest BCUT2D eigenvalue weighted by molar-refractivity contribution is 5.91. The van der Waals surface area contributed by atoms with E-state index < -0.39 is 0 Å². The van der Waals surface area contributed by atoms with Gasteiger partial charge in [0.05, 0.1) is 12.1 Å². The number of nitrogens with zero attached hydrogens (tertiary/aromatic N) is 3. The van der Waals surface area contributed by atoms with Crippen molar-refractivity contribution < 1.29 is 9.53 Å². The number of hydrogen-bond donors (Lipinski definition) is 1. The summed E-state index contributed by atoms with van der Waals surface area (Å²) in [6.45, 7) is 2.83. The Kier molecular flexibility index (Phi) is 3.78. The fraction of sp³-hybridized carbons (Fsp3) is 0.333. The van der Waals surface area contributed by atoms with E-state index in [-0.39, 0.29) is 11.7 Å². The average molecular weight is 246 g/mol. The summed E-state index contributed by atoms with van der Waals surface area (Å²) in [7, 11) is 1.57. The molecule has 6 heteroatoms. The number of benzene rings is 1. The number of ether oxygens (including phenoxy) is 1. The van der Waals surface area contributed by atoms with Gasteiger partial charge in [-0.1, -0.05) is 6.07 Å². The number of methoxy groups -OCH3 is 1. The van der Waals surface area contributed by atoms with Crippen LogP contribution in [0, 0.1) is 6.92 Å². The Balaban J connectivity index is 2.21. The normalized spacial score (nSPS) is 10.6. The Morgan fingerprint density at radius 3 is 2.94 bits per heavy atom. The molecular formula is C12H14N4O2. The molecule has 0 aliphatic rings. The number of nitrogens with one attached hydrogen (secondary N) is 1. The molecular weight excluding hydrogens is 232 g/mol. The molecule has 0 aliphatic heterocycles. The maximum Gasteiger partial charge on any atom is 0.291 e. The second-order valence-corrected chi connectivity index (χ2v) is 3.88. The maximum atomic E-state index is 11.7. The van der Waals surface area contributed by atoms with Crippen LogP contribution in [0.25, 0.3) is 11.0 Å². The van der Waals surface area contributed by atoms with Crippen LogP contribution in [0.15, 0.2) is 18.2 Å². The van der Waals surface area contributed by atoms with Crippen molar-refractivity contribution in [3.8, 4) is 0 Å². The number of rotatable bonds is 4. The van der Waals surface area contributed by atoms with E-state index in [1.165, 1.54) is 0 Å². The van der Waals surface area contributed by atoms with Gasteiger partial charge in [-0.05, 0) is 24.6 Å². The van der Waals surface area contributed by atoms with Gasteiger partial charge in [-0.2, -0.15) is 0 Å². The molecule has 2 aromatic rings. The van der Waals surface area contributed by atoms with E-state index in [0.717, 1.165) is 5.56 Å². The van der Waals surface area contributed by atoms with Gasteiger partial charge in [0, 0.05) is 13.7 Å². The highest BCUT2D eigenvalue weighted by Crippen LogP contribution is 2.10. The minimum Gasteiger partial charge on any atom is -0.383 e. The summed E-state index contributed by atoms with van der Waals surface area (Å²) in [6, 6.07) is 5.63. The SMILES string of the molecule is COCCNC(=O)c1nnc2ccc(C)cc2n1. The summed E-state index contributed by atoms with van der Waals surface area (Å²) < 4.78 is 4.84. The third-order valence-electron chi connectivity index (χ3n) is 2.40. The van der Waals surface area contributed by atoms with Crippen LogP contribution in [0.4, 0.5) is 0 Å². The smallest absolute Gasteiger partial charge is 0.291 e. The molecule has 18 heavy (non-hydrogen) atoms. The number of aromatic nitrogens is 3. The standard InChI is InChI=1S/C12H14N4O2/c1-8-3-4-9-10(7-8)14-11(16-15-9)12(17)13-5-6-18-2/h3-4,7H,5-6H2,1-2H3,(H,13,17). The first-order valence-electron chi connectivity index (χ1n) is 5.59. The second kappa shape index (κ2) is 5.50. The number of carbonyl (C=O) groups is 1. The van der Waals surface area contributed by atoms with Crippen LogP contribution < -0.4 is 5.32 Å². The van der Waals surface area contributed by atoms with Crippen molar-refractivity contribution in [2.75, 3.05) is 20.3 Å². The number of aryl methyl sites for hydroxylation is 1. The monoisotopic (exact) mass is 246 g/mol. The van der Waals surface area contributed by atoms with Gasteiger partial charge < -0.3 is 10.1 Å². The van der Waals surface area contributed by atoms with Gasteiger partial charge in [0.2, 0.25) is 5.82 Å². The molecule has 0 fully saturated rings. The molecule has 0 saturated heterocycles. The van der Waals surface area contributed by atoms with Crippen LogP contribution in [0.1, 0.15) is 16.2 Å². The lowest BCUT2D eigenvalue weighted by atomic mass is 10.2. The van der Waals surface area contributed by atoms with E-state index >= 15 is 0 Å². The molecule has 0 atom stereocenters. The zero-order chi connectivity index (χ0) is 13.0. The molecule has 0 bridgehead atoms. The molecule has 0 aliphatic carbocycles. The molecule has 94 valence electrons. The molecule has 1 N–H and O–H groups in total. The molecule has 0 unspecified atom stereocenters. The zero-order valence-corrected chi connectivity index (χ0v) is 10.3. The highest BCUT2D eigenvalue weighted by Gasteiger charge is 2.10. The molecule has 0 saturated carbocycles. The zero-order valence-electron chi connectivity index (χ0n) is 10.3. The molecule has 1 amide bonds. The Morgan fingerprint density at radius 1 is 1.33 bits per heavy atom. The van der Waals surface area contributed by atoms with Crippen molar-refractivity contribution in [2.24, 2.45) is 0 Å². The maximum absolute atomic E-state index is 11.7. The summed E-state index contributed by atoms with van der Waals surface area (Å²) in [4.78, 5) is 15.9. The highest BCUT2D eigenvalue weighted by atomic mass is 16.5. The van der Waals surface area contributed by atoms with Crippen molar-refractivity contribution >= 4 is 16.9 Å². The van der Waals surface area contributed by atoms with E-state index in [2.05, 4.69) is 20.5 Å². The van der Waals surface area contributed by atoms with Crippen molar-refractivity contribution in [2.45, 2.75) is 6.92 Å². The largest absolute Gasteiger partial charge is 0.383 e. The first kappa shape index (κ1) is 12.4. The number of hydrogen-bond acceptors (Lipinski definition) is 5. The van der Waals surface area contributed by atoms with E-state index in [4.69, 9.17) is 4.74 Å². The fourth-order valence-corrected chi connectivity index (χ4v) is 1.49. The lowest BCUT2D eigenvalue weighted by Crippen LogP contribution is -2.28. The predicted molar refractivity (Wildman–Crippen MR) is 66.3 cm³/mol. The topological polar surface area (TPSA) is 77.0 Å². The van der Waals surface area contributed by atoms with E-state index in [1.54, 1.807) is 7.11 Å². The summed E-state index contributed by atoms with van der Waals surface area (Å²) in [5, 5.41) is 10.4. The number of fused-ring (bicyclic) bond motifs is 1. The lowest BCUT2D eigenvalue weighted by molar-refractivity contribution is 0.0926. The summed E-state index contributed by atoms with van der Waals surface area (Å²) in [6.07, 6.45) is 0. The van der Waals surface area contributed by atoms with E-state index in [1.807, 2.05) is 25.1 Å². The van der Waals surface area contributed by atoms with Gasteiger partial charge in [0.1, 0.15) is 5.52 Å². The van der Waals surface area contributed by atoms with Crippen molar-refractivity contribution in [3.63, 3.8) is 0 Å². The van der Waals surface area contributed by atoms with Gasteiger partial charge in [0.25, 0.3) is 5.91 Å². The predicted octanol–water partition coefficient (Wildman–Crippen LogP) is 0.709. The quantitative estimate of drug-likeness (QED) is 0.804. The Bertz CT molecular complexity index is 571. The van der Waals surface area contributed by atoms with Crippen LogP contribution in [0.3, 0.4) is 0 Å². The van der Waals surface area contributed by atoms with Gasteiger partial charge >= 0.3 is 0 Å². The van der Waals surface area contributed by atoms with Gasteiger partial charge in [-0.25, -0.2) is 4.98 Å². The molecule has 1 heterocycles. The summed E-state index contributed by atoms with van der Waals surface area (Å²) in [5.74, 6) is -0.271. The summed E-state index contributed by atoms with van der Waals surface area (Å²) in [5.41, 5.74) is 2.41.